The molecular weight excluding hydrogens is 358 g/mol. The lowest BCUT2D eigenvalue weighted by Gasteiger charge is -2.32. The maximum atomic E-state index is 12.6. The van der Waals surface area contributed by atoms with E-state index in [1.165, 1.54) is 6.07 Å². The molecule has 0 aromatic heterocycles. The van der Waals surface area contributed by atoms with Crippen molar-refractivity contribution in [2.75, 3.05) is 29.9 Å². The number of rotatable bonds is 6. The fraction of sp³-hybridized carbons (Fsp3) is 0.381. The first-order valence-electron chi connectivity index (χ1n) is 9.55. The quantitative estimate of drug-likeness (QED) is 0.587. The molecule has 2 aromatic carbocycles. The molecule has 2 aromatic rings. The summed E-state index contributed by atoms with van der Waals surface area (Å²) in [6.45, 7) is 6.20. The number of piperidine rings is 1. The van der Waals surface area contributed by atoms with E-state index in [2.05, 4.69) is 12.2 Å². The van der Waals surface area contributed by atoms with E-state index >= 15 is 0 Å². The molecule has 0 bridgehead atoms. The zero-order chi connectivity index (χ0) is 20.1. The van der Waals surface area contributed by atoms with E-state index in [4.69, 9.17) is 4.74 Å². The smallest absolute Gasteiger partial charge is 0.293 e. The van der Waals surface area contributed by atoms with Gasteiger partial charge in [0.1, 0.15) is 11.4 Å². The van der Waals surface area contributed by atoms with Crippen LogP contribution in [0, 0.1) is 16.0 Å². The molecule has 0 aliphatic carbocycles. The molecule has 3 rings (SSSR count). The first-order valence-corrected chi connectivity index (χ1v) is 9.55. The average molecular weight is 383 g/mol. The van der Waals surface area contributed by atoms with Gasteiger partial charge in [-0.25, -0.2) is 0 Å². The van der Waals surface area contributed by atoms with E-state index in [-0.39, 0.29) is 17.2 Å². The van der Waals surface area contributed by atoms with Crippen molar-refractivity contribution in [3.63, 3.8) is 0 Å². The zero-order valence-corrected chi connectivity index (χ0v) is 16.2. The standard InChI is InChI=1S/C21H25N3O4/c1-3-28-18-9-7-17(8-10-18)22-21(25)16-6-11-19(20(13-16)24(26)27)23-12-4-5-15(2)14-23/h6-11,13,15H,3-5,12,14H2,1-2H3,(H,22,25)/t15-/m0/s1. The van der Waals surface area contributed by atoms with E-state index in [9.17, 15) is 14.9 Å². The molecule has 1 amide bonds. The molecule has 1 atom stereocenters. The molecule has 7 nitrogen and oxygen atoms in total. The van der Waals surface area contributed by atoms with Crippen molar-refractivity contribution in [1.82, 2.24) is 0 Å². The van der Waals surface area contributed by atoms with Crippen molar-refractivity contribution in [1.29, 1.82) is 0 Å². The second kappa shape index (κ2) is 8.73. The molecule has 1 saturated heterocycles. The molecule has 0 unspecified atom stereocenters. The van der Waals surface area contributed by atoms with Crippen molar-refractivity contribution >= 4 is 23.0 Å². The Morgan fingerprint density at radius 3 is 2.68 bits per heavy atom. The number of hydrogen-bond donors (Lipinski definition) is 1. The SMILES string of the molecule is CCOc1ccc(NC(=O)c2ccc(N3CCC[C@H](C)C3)c([N+](=O)[O-])c2)cc1. The van der Waals surface area contributed by atoms with Gasteiger partial charge in [-0.05, 0) is 62.1 Å². The summed E-state index contributed by atoms with van der Waals surface area (Å²) in [4.78, 5) is 25.8. The van der Waals surface area contributed by atoms with Gasteiger partial charge in [-0.15, -0.1) is 0 Å². The van der Waals surface area contributed by atoms with Gasteiger partial charge in [-0.1, -0.05) is 6.92 Å². The Labute approximate surface area is 164 Å². The number of ether oxygens (including phenoxy) is 1. The van der Waals surface area contributed by atoms with Gasteiger partial charge in [-0.3, -0.25) is 14.9 Å². The summed E-state index contributed by atoms with van der Waals surface area (Å²) >= 11 is 0. The molecule has 148 valence electrons. The van der Waals surface area contributed by atoms with Gasteiger partial charge in [0, 0.05) is 30.4 Å². The third-order valence-corrected chi connectivity index (χ3v) is 4.86. The fourth-order valence-electron chi connectivity index (χ4n) is 3.49. The Balaban J connectivity index is 1.78. The summed E-state index contributed by atoms with van der Waals surface area (Å²) in [5, 5.41) is 14.4. The number of carbonyl (C=O) groups excluding carboxylic acids is 1. The summed E-state index contributed by atoms with van der Waals surface area (Å²) in [6.07, 6.45) is 2.14. The lowest BCUT2D eigenvalue weighted by molar-refractivity contribution is -0.384. The number of carbonyl (C=O) groups is 1. The first-order chi connectivity index (χ1) is 13.5. The van der Waals surface area contributed by atoms with Gasteiger partial charge < -0.3 is 15.0 Å². The normalized spacial score (nSPS) is 16.5. The molecule has 1 N–H and O–H groups in total. The van der Waals surface area contributed by atoms with E-state index in [0.29, 0.717) is 23.9 Å². The van der Waals surface area contributed by atoms with Crippen LogP contribution in [0.25, 0.3) is 0 Å². The lowest BCUT2D eigenvalue weighted by atomic mass is 9.99. The Morgan fingerprint density at radius 1 is 1.29 bits per heavy atom. The minimum atomic E-state index is -0.414. The second-order valence-corrected chi connectivity index (χ2v) is 7.07. The van der Waals surface area contributed by atoms with Gasteiger partial charge in [0.15, 0.2) is 0 Å². The van der Waals surface area contributed by atoms with Crippen LogP contribution in [-0.4, -0.2) is 30.5 Å². The van der Waals surface area contributed by atoms with Crippen molar-refractivity contribution < 1.29 is 14.5 Å². The minimum Gasteiger partial charge on any atom is -0.494 e. The van der Waals surface area contributed by atoms with Crippen LogP contribution in [0.3, 0.4) is 0 Å². The number of hydrogen-bond acceptors (Lipinski definition) is 5. The molecule has 7 heteroatoms. The van der Waals surface area contributed by atoms with Crippen LogP contribution in [0.5, 0.6) is 5.75 Å². The highest BCUT2D eigenvalue weighted by Gasteiger charge is 2.25. The second-order valence-electron chi connectivity index (χ2n) is 7.07. The van der Waals surface area contributed by atoms with Crippen molar-refractivity contribution in [2.45, 2.75) is 26.7 Å². The predicted molar refractivity (Wildman–Crippen MR) is 109 cm³/mol. The Bertz CT molecular complexity index is 851. The van der Waals surface area contributed by atoms with E-state index in [1.54, 1.807) is 36.4 Å². The number of amides is 1. The highest BCUT2D eigenvalue weighted by Crippen LogP contribution is 2.32. The number of anilines is 2. The highest BCUT2D eigenvalue weighted by atomic mass is 16.6. The predicted octanol–water partition coefficient (Wildman–Crippen LogP) is 4.48. The molecular formula is C21H25N3O4. The first kappa shape index (κ1) is 19.7. The van der Waals surface area contributed by atoms with Crippen LogP contribution >= 0.6 is 0 Å². The van der Waals surface area contributed by atoms with Crippen molar-refractivity contribution in [2.24, 2.45) is 5.92 Å². The van der Waals surface area contributed by atoms with Gasteiger partial charge in [0.05, 0.1) is 11.5 Å². The van der Waals surface area contributed by atoms with E-state index < -0.39 is 4.92 Å². The lowest BCUT2D eigenvalue weighted by Crippen LogP contribution is -2.34. The minimum absolute atomic E-state index is 0.0338. The third kappa shape index (κ3) is 4.60. The van der Waals surface area contributed by atoms with Gasteiger partial charge in [0.25, 0.3) is 11.6 Å². The summed E-state index contributed by atoms with van der Waals surface area (Å²) < 4.78 is 5.38. The van der Waals surface area contributed by atoms with Crippen LogP contribution in [0.2, 0.25) is 0 Å². The monoisotopic (exact) mass is 383 g/mol. The van der Waals surface area contributed by atoms with Crippen LogP contribution < -0.4 is 15.0 Å². The average Bonchev–Trinajstić information content (AvgIpc) is 2.69. The maximum absolute atomic E-state index is 12.6. The summed E-state index contributed by atoms with van der Waals surface area (Å²) in [5.41, 5.74) is 1.40. The molecule has 0 saturated carbocycles. The van der Waals surface area contributed by atoms with E-state index in [1.807, 2.05) is 11.8 Å². The number of nitro groups is 1. The molecule has 1 heterocycles. The summed E-state index contributed by atoms with van der Waals surface area (Å²) in [7, 11) is 0. The Kier molecular flexibility index (Phi) is 6.13. The van der Waals surface area contributed by atoms with Crippen molar-refractivity contribution in [3.8, 4) is 5.75 Å². The summed E-state index contributed by atoms with van der Waals surface area (Å²) in [5.74, 6) is 0.832. The van der Waals surface area contributed by atoms with Crippen LogP contribution in [0.4, 0.5) is 17.1 Å². The molecule has 1 fully saturated rings. The molecule has 1 aliphatic heterocycles. The van der Waals surface area contributed by atoms with Crippen LogP contribution in [-0.2, 0) is 0 Å². The van der Waals surface area contributed by atoms with E-state index in [0.717, 1.165) is 31.7 Å². The van der Waals surface area contributed by atoms with Crippen LogP contribution in [0.15, 0.2) is 42.5 Å². The fourth-order valence-corrected chi connectivity index (χ4v) is 3.49. The number of nitro benzene ring substituents is 1. The molecule has 0 radical (unpaired) electrons. The topological polar surface area (TPSA) is 84.7 Å². The van der Waals surface area contributed by atoms with Gasteiger partial charge >= 0.3 is 0 Å². The third-order valence-electron chi connectivity index (χ3n) is 4.86. The Hall–Kier alpha value is -3.09. The number of nitrogens with one attached hydrogen (secondary N) is 1. The number of nitrogens with zero attached hydrogens (tertiary/aromatic N) is 2. The summed E-state index contributed by atoms with van der Waals surface area (Å²) in [6, 6.07) is 11.7. The molecule has 0 spiro atoms. The van der Waals surface area contributed by atoms with Gasteiger partial charge in [0.2, 0.25) is 0 Å². The Morgan fingerprint density at radius 2 is 2.04 bits per heavy atom. The maximum Gasteiger partial charge on any atom is 0.293 e. The number of benzene rings is 2. The van der Waals surface area contributed by atoms with Crippen LogP contribution in [0.1, 0.15) is 37.0 Å². The largest absolute Gasteiger partial charge is 0.494 e. The zero-order valence-electron chi connectivity index (χ0n) is 16.2. The van der Waals surface area contributed by atoms with Crippen molar-refractivity contribution in [3.05, 3.63) is 58.1 Å². The molecule has 28 heavy (non-hydrogen) atoms. The molecule has 1 aliphatic rings. The highest BCUT2D eigenvalue weighted by molar-refractivity contribution is 6.05. The van der Waals surface area contributed by atoms with Gasteiger partial charge in [-0.2, -0.15) is 0 Å².